The Morgan fingerprint density at radius 3 is 2.57 bits per heavy atom. The van der Waals surface area contributed by atoms with E-state index in [2.05, 4.69) is 24.1 Å². The average molecular weight is 290 g/mol. The van der Waals surface area contributed by atoms with Crippen molar-refractivity contribution in [1.82, 2.24) is 10.3 Å². The highest BCUT2D eigenvalue weighted by Gasteiger charge is 2.16. The van der Waals surface area contributed by atoms with Gasteiger partial charge in [-0.1, -0.05) is 26.7 Å². The predicted molar refractivity (Wildman–Crippen MR) is 81.9 cm³/mol. The molecule has 2 N–H and O–H groups in total. The standard InChI is InChI=1S/C16H22N2O3/c1-4-13(5-2)11(3)18-16(21)14-8-12(9-17-10-14)6-7-15(19)20/h6-11,13H,4-5H2,1-3H3,(H,18,21)(H,19,20). The number of pyridine rings is 1. The van der Waals surface area contributed by atoms with E-state index in [-0.39, 0.29) is 11.9 Å². The van der Waals surface area contributed by atoms with Crippen LogP contribution in [-0.2, 0) is 4.79 Å². The highest BCUT2D eigenvalue weighted by molar-refractivity contribution is 5.95. The molecule has 1 aromatic heterocycles. The first-order chi connectivity index (χ1) is 9.97. The maximum absolute atomic E-state index is 12.2. The van der Waals surface area contributed by atoms with Gasteiger partial charge in [0.2, 0.25) is 0 Å². The molecule has 0 aliphatic rings. The summed E-state index contributed by atoms with van der Waals surface area (Å²) in [4.78, 5) is 26.7. The summed E-state index contributed by atoms with van der Waals surface area (Å²) in [6, 6.07) is 1.72. The topological polar surface area (TPSA) is 79.3 Å². The molecule has 114 valence electrons. The van der Waals surface area contributed by atoms with Crippen LogP contribution in [0.5, 0.6) is 0 Å². The van der Waals surface area contributed by atoms with E-state index in [9.17, 15) is 9.59 Å². The number of nitrogens with zero attached hydrogens (tertiary/aromatic N) is 1. The second-order valence-electron chi connectivity index (χ2n) is 5.02. The zero-order chi connectivity index (χ0) is 15.8. The van der Waals surface area contributed by atoms with Gasteiger partial charge in [0.05, 0.1) is 5.56 Å². The number of carboxylic acid groups (broad SMARTS) is 1. The van der Waals surface area contributed by atoms with E-state index in [0.29, 0.717) is 17.0 Å². The lowest BCUT2D eigenvalue weighted by molar-refractivity contribution is -0.131. The van der Waals surface area contributed by atoms with Crippen LogP contribution in [0.25, 0.3) is 6.08 Å². The summed E-state index contributed by atoms with van der Waals surface area (Å²) < 4.78 is 0. The Morgan fingerprint density at radius 2 is 2.00 bits per heavy atom. The molecule has 1 aromatic rings. The third-order valence-corrected chi connectivity index (χ3v) is 3.55. The number of aromatic nitrogens is 1. The molecule has 5 heteroatoms. The number of amides is 1. The molecule has 0 fully saturated rings. The summed E-state index contributed by atoms with van der Waals surface area (Å²) in [7, 11) is 0. The van der Waals surface area contributed by atoms with Crippen LogP contribution in [-0.4, -0.2) is 28.0 Å². The van der Waals surface area contributed by atoms with E-state index >= 15 is 0 Å². The summed E-state index contributed by atoms with van der Waals surface area (Å²) in [5.74, 6) is -0.781. The molecule has 1 rings (SSSR count). The number of hydrogen-bond acceptors (Lipinski definition) is 3. The van der Waals surface area contributed by atoms with Crippen LogP contribution in [0.1, 0.15) is 49.5 Å². The molecule has 0 aliphatic carbocycles. The van der Waals surface area contributed by atoms with Crippen LogP contribution in [0, 0.1) is 5.92 Å². The van der Waals surface area contributed by atoms with Gasteiger partial charge in [-0.05, 0) is 30.5 Å². The monoisotopic (exact) mass is 290 g/mol. The van der Waals surface area contributed by atoms with Crippen molar-refractivity contribution in [2.45, 2.75) is 39.7 Å². The molecule has 0 saturated heterocycles. The molecule has 0 saturated carbocycles. The largest absolute Gasteiger partial charge is 0.478 e. The minimum absolute atomic E-state index is 0.0886. The third kappa shape index (κ3) is 5.38. The van der Waals surface area contributed by atoms with E-state index in [1.807, 2.05) is 6.92 Å². The summed E-state index contributed by atoms with van der Waals surface area (Å²) in [6.45, 7) is 6.21. The molecule has 1 unspecified atom stereocenters. The summed E-state index contributed by atoms with van der Waals surface area (Å²) in [6.07, 6.45) is 7.45. The zero-order valence-corrected chi connectivity index (χ0v) is 12.7. The van der Waals surface area contributed by atoms with E-state index < -0.39 is 5.97 Å². The lowest BCUT2D eigenvalue weighted by Crippen LogP contribution is -2.37. The summed E-state index contributed by atoms with van der Waals surface area (Å²) in [5, 5.41) is 11.6. The van der Waals surface area contributed by atoms with Gasteiger partial charge < -0.3 is 10.4 Å². The molecule has 0 aliphatic heterocycles. The minimum atomic E-state index is -1.03. The molecule has 0 aromatic carbocycles. The van der Waals surface area contributed by atoms with Crippen LogP contribution >= 0.6 is 0 Å². The van der Waals surface area contributed by atoms with Gasteiger partial charge in [-0.3, -0.25) is 9.78 Å². The number of nitrogens with one attached hydrogen (secondary N) is 1. The van der Waals surface area contributed by atoms with E-state index in [4.69, 9.17) is 5.11 Å². The fourth-order valence-corrected chi connectivity index (χ4v) is 2.24. The van der Waals surface area contributed by atoms with Crippen molar-refractivity contribution in [2.24, 2.45) is 5.92 Å². The minimum Gasteiger partial charge on any atom is -0.478 e. The SMILES string of the molecule is CCC(CC)C(C)NC(=O)c1cncc(C=CC(=O)O)c1. The summed E-state index contributed by atoms with van der Waals surface area (Å²) >= 11 is 0. The van der Waals surface area contributed by atoms with E-state index in [1.165, 1.54) is 18.5 Å². The van der Waals surface area contributed by atoms with Gasteiger partial charge in [-0.15, -0.1) is 0 Å². The van der Waals surface area contributed by atoms with Gasteiger partial charge in [0, 0.05) is 24.5 Å². The number of hydrogen-bond donors (Lipinski definition) is 2. The lowest BCUT2D eigenvalue weighted by Gasteiger charge is -2.22. The second-order valence-corrected chi connectivity index (χ2v) is 5.02. The number of carboxylic acids is 1. The average Bonchev–Trinajstić information content (AvgIpc) is 2.46. The first-order valence-corrected chi connectivity index (χ1v) is 7.14. The molecule has 5 nitrogen and oxygen atoms in total. The highest BCUT2D eigenvalue weighted by atomic mass is 16.4. The van der Waals surface area contributed by atoms with Crippen molar-refractivity contribution >= 4 is 18.0 Å². The molecule has 1 amide bonds. The van der Waals surface area contributed by atoms with Gasteiger partial charge >= 0.3 is 5.97 Å². The molecule has 21 heavy (non-hydrogen) atoms. The quantitative estimate of drug-likeness (QED) is 0.757. The molecule has 0 spiro atoms. The van der Waals surface area contributed by atoms with Gasteiger partial charge in [0.15, 0.2) is 0 Å². The maximum Gasteiger partial charge on any atom is 0.328 e. The Labute approximate surface area is 125 Å². The Kier molecular flexibility index (Phi) is 6.59. The first kappa shape index (κ1) is 16.9. The van der Waals surface area contributed by atoms with Crippen molar-refractivity contribution < 1.29 is 14.7 Å². The molecular formula is C16H22N2O3. The molecular weight excluding hydrogens is 268 g/mol. The Bertz CT molecular complexity index is 522. The Morgan fingerprint density at radius 1 is 1.33 bits per heavy atom. The fourth-order valence-electron chi connectivity index (χ4n) is 2.24. The summed E-state index contributed by atoms with van der Waals surface area (Å²) in [5.41, 5.74) is 1.01. The van der Waals surface area contributed by atoms with Gasteiger partial charge in [0.25, 0.3) is 5.91 Å². The van der Waals surface area contributed by atoms with Crippen molar-refractivity contribution in [2.75, 3.05) is 0 Å². The fraction of sp³-hybridized carbons (Fsp3) is 0.438. The van der Waals surface area contributed by atoms with Crippen LogP contribution < -0.4 is 5.32 Å². The van der Waals surface area contributed by atoms with Crippen LogP contribution in [0.3, 0.4) is 0 Å². The first-order valence-electron chi connectivity index (χ1n) is 7.14. The normalized spacial score (nSPS) is 12.6. The Balaban J connectivity index is 2.79. The van der Waals surface area contributed by atoms with Crippen LogP contribution in [0.15, 0.2) is 24.5 Å². The van der Waals surface area contributed by atoms with Crippen molar-refractivity contribution in [3.63, 3.8) is 0 Å². The van der Waals surface area contributed by atoms with E-state index in [0.717, 1.165) is 18.9 Å². The van der Waals surface area contributed by atoms with Gasteiger partial charge in [0.1, 0.15) is 0 Å². The number of carbonyl (C=O) groups excluding carboxylic acids is 1. The molecule has 1 atom stereocenters. The van der Waals surface area contributed by atoms with Crippen molar-refractivity contribution in [1.29, 1.82) is 0 Å². The third-order valence-electron chi connectivity index (χ3n) is 3.55. The molecule has 1 heterocycles. The lowest BCUT2D eigenvalue weighted by atomic mass is 9.95. The van der Waals surface area contributed by atoms with Gasteiger partial charge in [-0.25, -0.2) is 4.79 Å². The number of aliphatic carboxylic acids is 1. The van der Waals surface area contributed by atoms with Crippen molar-refractivity contribution in [3.8, 4) is 0 Å². The molecule has 0 bridgehead atoms. The van der Waals surface area contributed by atoms with Crippen molar-refractivity contribution in [3.05, 3.63) is 35.7 Å². The maximum atomic E-state index is 12.2. The predicted octanol–water partition coefficient (Wildman–Crippen LogP) is 2.73. The highest BCUT2D eigenvalue weighted by Crippen LogP contribution is 2.13. The van der Waals surface area contributed by atoms with Crippen LogP contribution in [0.4, 0.5) is 0 Å². The van der Waals surface area contributed by atoms with Crippen LogP contribution in [0.2, 0.25) is 0 Å². The van der Waals surface area contributed by atoms with Gasteiger partial charge in [-0.2, -0.15) is 0 Å². The number of rotatable bonds is 7. The Hall–Kier alpha value is -2.17. The van der Waals surface area contributed by atoms with E-state index in [1.54, 1.807) is 6.07 Å². The number of carbonyl (C=O) groups is 2. The molecule has 0 radical (unpaired) electrons. The zero-order valence-electron chi connectivity index (χ0n) is 12.7. The second kappa shape index (κ2) is 8.19. The smallest absolute Gasteiger partial charge is 0.328 e.